The summed E-state index contributed by atoms with van der Waals surface area (Å²) in [5.41, 5.74) is 0.940. The summed E-state index contributed by atoms with van der Waals surface area (Å²) in [5, 5.41) is 3.59. The van der Waals surface area contributed by atoms with Crippen LogP contribution in [0.15, 0.2) is 77.7 Å². The quantitative estimate of drug-likeness (QED) is 0.226. The van der Waals surface area contributed by atoms with E-state index in [1.54, 1.807) is 43.5 Å². The standard InChI is InChI=1S/C30H35Cl2N3O5S/c1-4-6-17-33-30(37)28(5-2)34(20-22-9-7-12-26(18-22)40-3)29(36)21-35(25-11-8-10-24(32)19-25)41(38,39)27-15-13-23(31)14-16-27/h7-16,18-19,28H,4-6,17,20-21H2,1-3H3,(H,33,37)/t28-/m1/s1. The molecule has 3 aromatic carbocycles. The van der Waals surface area contributed by atoms with Crippen molar-refractivity contribution in [3.8, 4) is 5.75 Å². The number of halogens is 2. The summed E-state index contributed by atoms with van der Waals surface area (Å²) in [5.74, 6) is -0.254. The average molecular weight is 621 g/mol. The van der Waals surface area contributed by atoms with Gasteiger partial charge >= 0.3 is 0 Å². The maximum absolute atomic E-state index is 14.1. The summed E-state index contributed by atoms with van der Waals surface area (Å²) in [6, 6.07) is 18.3. The smallest absolute Gasteiger partial charge is 0.264 e. The summed E-state index contributed by atoms with van der Waals surface area (Å²) < 4.78 is 34.1. The third-order valence-electron chi connectivity index (χ3n) is 6.48. The van der Waals surface area contributed by atoms with Crippen molar-refractivity contribution >= 4 is 50.7 Å². The number of anilines is 1. The van der Waals surface area contributed by atoms with Crippen LogP contribution in [0.25, 0.3) is 0 Å². The number of methoxy groups -OCH3 is 1. The Labute approximate surface area is 252 Å². The molecular formula is C30H35Cl2N3O5S. The van der Waals surface area contributed by atoms with Crippen LogP contribution in [0, 0.1) is 0 Å². The zero-order chi connectivity index (χ0) is 30.0. The Hall–Kier alpha value is -3.27. The molecule has 1 N–H and O–H groups in total. The number of hydrogen-bond acceptors (Lipinski definition) is 5. The number of carbonyl (C=O) groups excluding carboxylic acids is 2. The molecule has 220 valence electrons. The number of nitrogens with one attached hydrogen (secondary N) is 1. The first-order valence-corrected chi connectivity index (χ1v) is 15.5. The average Bonchev–Trinajstić information content (AvgIpc) is 2.96. The minimum atomic E-state index is -4.22. The number of nitrogens with zero attached hydrogens (tertiary/aromatic N) is 2. The Morgan fingerprint density at radius 2 is 1.66 bits per heavy atom. The lowest BCUT2D eigenvalue weighted by molar-refractivity contribution is -0.140. The van der Waals surface area contributed by atoms with Crippen molar-refractivity contribution in [2.45, 2.75) is 50.6 Å². The number of unbranched alkanes of at least 4 members (excludes halogenated alkanes) is 1. The van der Waals surface area contributed by atoms with E-state index in [2.05, 4.69) is 5.32 Å². The summed E-state index contributed by atoms with van der Waals surface area (Å²) in [6.07, 6.45) is 2.03. The Morgan fingerprint density at radius 3 is 2.29 bits per heavy atom. The Balaban J connectivity index is 2.04. The minimum absolute atomic E-state index is 0.0432. The maximum Gasteiger partial charge on any atom is 0.264 e. The van der Waals surface area contributed by atoms with E-state index in [-0.39, 0.29) is 23.0 Å². The predicted octanol–water partition coefficient (Wildman–Crippen LogP) is 5.92. The van der Waals surface area contributed by atoms with Gasteiger partial charge in [-0.1, -0.05) is 61.7 Å². The third kappa shape index (κ3) is 8.61. The molecule has 1 atom stereocenters. The first-order chi connectivity index (χ1) is 19.6. The fourth-order valence-electron chi connectivity index (χ4n) is 4.29. The molecule has 0 unspecified atom stereocenters. The van der Waals surface area contributed by atoms with Crippen molar-refractivity contribution in [3.05, 3.63) is 88.4 Å². The molecule has 0 aliphatic rings. The molecule has 11 heteroatoms. The van der Waals surface area contributed by atoms with Gasteiger partial charge in [0.2, 0.25) is 11.8 Å². The van der Waals surface area contributed by atoms with Gasteiger partial charge < -0.3 is 15.0 Å². The van der Waals surface area contributed by atoms with Crippen molar-refractivity contribution in [3.63, 3.8) is 0 Å². The van der Waals surface area contributed by atoms with Crippen LogP contribution < -0.4 is 14.4 Å². The van der Waals surface area contributed by atoms with Crippen LogP contribution in [-0.4, -0.2) is 51.4 Å². The fourth-order valence-corrected chi connectivity index (χ4v) is 6.00. The molecule has 41 heavy (non-hydrogen) atoms. The van der Waals surface area contributed by atoms with Gasteiger partial charge in [0.15, 0.2) is 0 Å². The van der Waals surface area contributed by atoms with Crippen molar-refractivity contribution in [2.75, 3.05) is 24.5 Å². The number of sulfonamides is 1. The van der Waals surface area contributed by atoms with Gasteiger partial charge in [-0.15, -0.1) is 0 Å². The van der Waals surface area contributed by atoms with E-state index >= 15 is 0 Å². The van der Waals surface area contributed by atoms with Gasteiger partial charge in [-0.2, -0.15) is 0 Å². The van der Waals surface area contributed by atoms with E-state index in [4.69, 9.17) is 27.9 Å². The molecule has 0 radical (unpaired) electrons. The number of rotatable bonds is 14. The van der Waals surface area contributed by atoms with E-state index in [1.165, 1.54) is 35.2 Å². The predicted molar refractivity (Wildman–Crippen MR) is 163 cm³/mol. The van der Waals surface area contributed by atoms with E-state index in [1.807, 2.05) is 19.9 Å². The number of ether oxygens (including phenoxy) is 1. The molecule has 3 rings (SSSR count). The van der Waals surface area contributed by atoms with Crippen molar-refractivity contribution in [2.24, 2.45) is 0 Å². The van der Waals surface area contributed by atoms with Gasteiger partial charge in [-0.25, -0.2) is 8.42 Å². The first-order valence-electron chi connectivity index (χ1n) is 13.3. The molecule has 3 aromatic rings. The second kappa shape index (κ2) is 15.1. The highest BCUT2D eigenvalue weighted by atomic mass is 35.5. The molecule has 0 saturated carbocycles. The lowest BCUT2D eigenvalue weighted by atomic mass is 10.1. The fraction of sp³-hybridized carbons (Fsp3) is 0.333. The van der Waals surface area contributed by atoms with Gasteiger partial charge in [-0.3, -0.25) is 13.9 Å². The molecule has 0 aromatic heterocycles. The molecule has 0 aliphatic heterocycles. The second-order valence-corrected chi connectivity index (χ2v) is 12.1. The highest BCUT2D eigenvalue weighted by Crippen LogP contribution is 2.28. The van der Waals surface area contributed by atoms with Crippen molar-refractivity contribution in [1.82, 2.24) is 10.2 Å². The van der Waals surface area contributed by atoms with Crippen LogP contribution in [0.1, 0.15) is 38.7 Å². The van der Waals surface area contributed by atoms with E-state index in [9.17, 15) is 18.0 Å². The largest absolute Gasteiger partial charge is 0.497 e. The molecule has 0 bridgehead atoms. The second-order valence-electron chi connectivity index (χ2n) is 9.39. The maximum atomic E-state index is 14.1. The minimum Gasteiger partial charge on any atom is -0.497 e. The van der Waals surface area contributed by atoms with E-state index in [0.717, 1.165) is 22.7 Å². The van der Waals surface area contributed by atoms with E-state index in [0.29, 0.717) is 28.8 Å². The summed E-state index contributed by atoms with van der Waals surface area (Å²) in [4.78, 5) is 28.7. The van der Waals surface area contributed by atoms with Crippen molar-refractivity contribution in [1.29, 1.82) is 0 Å². The van der Waals surface area contributed by atoms with Crippen LogP contribution >= 0.6 is 23.2 Å². The van der Waals surface area contributed by atoms with Crippen LogP contribution in [0.4, 0.5) is 5.69 Å². The molecular weight excluding hydrogens is 585 g/mol. The number of benzene rings is 3. The number of hydrogen-bond donors (Lipinski definition) is 1. The molecule has 0 spiro atoms. The van der Waals surface area contributed by atoms with Gasteiger partial charge in [-0.05, 0) is 73.0 Å². The summed E-state index contributed by atoms with van der Waals surface area (Å²) in [7, 11) is -2.68. The van der Waals surface area contributed by atoms with Crippen LogP contribution in [0.2, 0.25) is 10.0 Å². The highest BCUT2D eigenvalue weighted by molar-refractivity contribution is 7.92. The summed E-state index contributed by atoms with van der Waals surface area (Å²) in [6.45, 7) is 3.82. The van der Waals surface area contributed by atoms with Gasteiger partial charge in [0.25, 0.3) is 10.0 Å². The van der Waals surface area contributed by atoms with E-state index < -0.39 is 28.5 Å². The van der Waals surface area contributed by atoms with Crippen LogP contribution in [0.5, 0.6) is 5.75 Å². The first kappa shape index (κ1) is 32.2. The zero-order valence-electron chi connectivity index (χ0n) is 23.3. The third-order valence-corrected chi connectivity index (χ3v) is 8.75. The molecule has 0 heterocycles. The number of amides is 2. The molecule has 0 fully saturated rings. The van der Waals surface area contributed by atoms with Gasteiger partial charge in [0.1, 0.15) is 18.3 Å². The molecule has 2 amide bonds. The summed E-state index contributed by atoms with van der Waals surface area (Å²) >= 11 is 12.2. The SMILES string of the molecule is CCCCNC(=O)[C@@H](CC)N(Cc1cccc(OC)c1)C(=O)CN(c1cccc(Cl)c1)S(=O)(=O)c1ccc(Cl)cc1. The Bertz CT molecular complexity index is 1430. The number of carbonyl (C=O) groups is 2. The highest BCUT2D eigenvalue weighted by Gasteiger charge is 2.33. The lowest BCUT2D eigenvalue weighted by Gasteiger charge is -2.33. The van der Waals surface area contributed by atoms with Gasteiger partial charge in [0, 0.05) is 23.1 Å². The monoisotopic (exact) mass is 619 g/mol. The van der Waals surface area contributed by atoms with Crippen molar-refractivity contribution < 1.29 is 22.7 Å². The van der Waals surface area contributed by atoms with Gasteiger partial charge in [0.05, 0.1) is 17.7 Å². The Morgan fingerprint density at radius 1 is 0.951 bits per heavy atom. The topological polar surface area (TPSA) is 96.0 Å². The van der Waals surface area contributed by atoms with Crippen LogP contribution in [0.3, 0.4) is 0 Å². The normalized spacial score (nSPS) is 11.9. The Kier molecular flexibility index (Phi) is 11.9. The molecule has 8 nitrogen and oxygen atoms in total. The lowest BCUT2D eigenvalue weighted by Crippen LogP contribution is -2.52. The zero-order valence-corrected chi connectivity index (χ0v) is 25.7. The molecule has 0 saturated heterocycles. The molecule has 0 aliphatic carbocycles. The van der Waals surface area contributed by atoms with Crippen LogP contribution in [-0.2, 0) is 26.2 Å².